The maximum atomic E-state index is 12.8. The molecule has 1 atom stereocenters. The number of benzene rings is 1. The molecule has 0 saturated heterocycles. The maximum absolute atomic E-state index is 12.8. The van der Waals surface area contributed by atoms with E-state index in [2.05, 4.69) is 5.10 Å². The molecule has 1 unspecified atom stereocenters. The predicted molar refractivity (Wildman–Crippen MR) is 98.7 cm³/mol. The number of nitrogens with zero attached hydrogens (tertiary/aromatic N) is 3. The molecule has 6 nitrogen and oxygen atoms in total. The number of carboxylic acid groups (broad SMARTS) is 1. The molecule has 7 heteroatoms. The fourth-order valence-corrected chi connectivity index (χ4v) is 3.34. The normalized spacial score (nSPS) is 14.9. The van der Waals surface area contributed by atoms with E-state index in [0.717, 1.165) is 35.5 Å². The van der Waals surface area contributed by atoms with Gasteiger partial charge in [0.15, 0.2) is 0 Å². The molecular formula is C19H22ClN3O3. The number of carbonyl (C=O) groups excluding carboxylic acids is 1. The maximum Gasteiger partial charge on any atom is 0.326 e. The molecule has 1 aromatic heterocycles. The van der Waals surface area contributed by atoms with Crippen molar-refractivity contribution < 1.29 is 14.7 Å². The number of aryl methyl sites for hydroxylation is 1. The lowest BCUT2D eigenvalue weighted by atomic mass is 10.1. The van der Waals surface area contributed by atoms with Crippen LogP contribution < -0.4 is 0 Å². The number of carboxylic acids is 1. The summed E-state index contributed by atoms with van der Waals surface area (Å²) in [7, 11) is 0. The fourth-order valence-electron chi connectivity index (χ4n) is 3.21. The summed E-state index contributed by atoms with van der Waals surface area (Å²) in [6, 6.07) is 6.55. The second-order valence-corrected chi connectivity index (χ2v) is 7.20. The monoisotopic (exact) mass is 375 g/mol. The summed E-state index contributed by atoms with van der Waals surface area (Å²) < 4.78 is 1.79. The highest BCUT2D eigenvalue weighted by atomic mass is 35.5. The van der Waals surface area contributed by atoms with Crippen LogP contribution in [-0.2, 0) is 16.0 Å². The molecule has 1 heterocycles. The summed E-state index contributed by atoms with van der Waals surface area (Å²) in [5.41, 5.74) is 3.35. The largest absolute Gasteiger partial charge is 0.480 e. The van der Waals surface area contributed by atoms with Crippen molar-refractivity contribution in [2.45, 2.75) is 52.1 Å². The topological polar surface area (TPSA) is 75.4 Å². The second kappa shape index (κ2) is 7.11. The third-order valence-corrected chi connectivity index (χ3v) is 5.10. The van der Waals surface area contributed by atoms with Gasteiger partial charge >= 0.3 is 5.97 Å². The zero-order valence-corrected chi connectivity index (χ0v) is 15.8. The molecule has 3 rings (SSSR count). The van der Waals surface area contributed by atoms with Crippen molar-refractivity contribution in [2.75, 3.05) is 0 Å². The van der Waals surface area contributed by atoms with E-state index in [1.54, 1.807) is 23.7 Å². The Morgan fingerprint density at radius 2 is 1.92 bits per heavy atom. The molecule has 1 saturated carbocycles. The molecule has 0 bridgehead atoms. The number of carbonyl (C=O) groups is 2. The molecule has 1 aromatic carbocycles. The Bertz CT molecular complexity index is 840. The van der Waals surface area contributed by atoms with Crippen molar-refractivity contribution in [3.8, 4) is 5.69 Å². The van der Waals surface area contributed by atoms with E-state index < -0.39 is 12.0 Å². The second-order valence-electron chi connectivity index (χ2n) is 6.76. The van der Waals surface area contributed by atoms with Crippen LogP contribution in [0.15, 0.2) is 24.3 Å². The number of halogens is 1. The van der Waals surface area contributed by atoms with Gasteiger partial charge in [0.2, 0.25) is 5.91 Å². The third-order valence-electron chi connectivity index (χ3n) is 4.84. The minimum atomic E-state index is -0.976. The summed E-state index contributed by atoms with van der Waals surface area (Å²) in [6.45, 7) is 5.35. The van der Waals surface area contributed by atoms with Crippen molar-refractivity contribution in [3.05, 3.63) is 46.2 Å². The third kappa shape index (κ3) is 3.60. The zero-order valence-electron chi connectivity index (χ0n) is 15.1. The highest BCUT2D eigenvalue weighted by molar-refractivity contribution is 6.30. The van der Waals surface area contributed by atoms with E-state index in [1.807, 2.05) is 26.0 Å². The van der Waals surface area contributed by atoms with E-state index in [4.69, 9.17) is 11.6 Å². The van der Waals surface area contributed by atoms with Crippen LogP contribution in [0, 0.1) is 13.8 Å². The molecule has 1 aliphatic carbocycles. The van der Waals surface area contributed by atoms with Crippen molar-refractivity contribution in [3.63, 3.8) is 0 Å². The van der Waals surface area contributed by atoms with Gasteiger partial charge in [-0.25, -0.2) is 9.48 Å². The molecule has 0 aliphatic heterocycles. The minimum absolute atomic E-state index is 0.0422. The number of hydrogen-bond acceptors (Lipinski definition) is 3. The van der Waals surface area contributed by atoms with Gasteiger partial charge in [0.25, 0.3) is 0 Å². The Hall–Kier alpha value is -2.34. The van der Waals surface area contributed by atoms with Gasteiger partial charge in [0.1, 0.15) is 6.04 Å². The Morgan fingerprint density at radius 3 is 2.46 bits per heavy atom. The molecule has 1 N–H and O–H groups in total. The highest BCUT2D eigenvalue weighted by Gasteiger charge is 2.38. The fraction of sp³-hybridized carbons (Fsp3) is 0.421. The lowest BCUT2D eigenvalue weighted by Crippen LogP contribution is -2.45. The number of aliphatic carboxylic acids is 1. The minimum Gasteiger partial charge on any atom is -0.480 e. The quantitative estimate of drug-likeness (QED) is 0.841. The van der Waals surface area contributed by atoms with Gasteiger partial charge in [0.05, 0.1) is 17.8 Å². The number of amides is 1. The Kier molecular flexibility index (Phi) is 5.05. The molecule has 1 amide bonds. The van der Waals surface area contributed by atoms with Crippen LogP contribution in [-0.4, -0.2) is 43.7 Å². The summed E-state index contributed by atoms with van der Waals surface area (Å²) in [6.07, 6.45) is 1.89. The Balaban J connectivity index is 1.86. The first-order valence-electron chi connectivity index (χ1n) is 8.64. The van der Waals surface area contributed by atoms with Crippen LogP contribution in [0.4, 0.5) is 0 Å². The summed E-state index contributed by atoms with van der Waals surface area (Å²) >= 11 is 5.94. The first-order chi connectivity index (χ1) is 12.3. The molecule has 1 fully saturated rings. The molecular weight excluding hydrogens is 354 g/mol. The van der Waals surface area contributed by atoms with E-state index in [-0.39, 0.29) is 18.4 Å². The average Bonchev–Trinajstić information content (AvgIpc) is 3.38. The first kappa shape index (κ1) is 18.5. The molecule has 26 heavy (non-hydrogen) atoms. The van der Waals surface area contributed by atoms with Gasteiger partial charge < -0.3 is 10.0 Å². The predicted octanol–water partition coefficient (Wildman–Crippen LogP) is 3.15. The van der Waals surface area contributed by atoms with Gasteiger partial charge in [-0.1, -0.05) is 11.6 Å². The summed E-state index contributed by atoms with van der Waals surface area (Å²) in [5.74, 6) is -1.14. The summed E-state index contributed by atoms with van der Waals surface area (Å²) in [4.78, 5) is 25.7. The first-order valence-corrected chi connectivity index (χ1v) is 9.02. The van der Waals surface area contributed by atoms with E-state index in [9.17, 15) is 14.7 Å². The van der Waals surface area contributed by atoms with Gasteiger partial charge in [-0.15, -0.1) is 0 Å². The van der Waals surface area contributed by atoms with Crippen LogP contribution in [0.5, 0.6) is 0 Å². The van der Waals surface area contributed by atoms with Crippen LogP contribution in [0.1, 0.15) is 36.7 Å². The standard InChI is InChI=1S/C19H22ClN3O3/c1-11-17(10-18(24)22(15-8-9-15)13(3)19(25)26)12(2)23(21-11)16-6-4-14(20)5-7-16/h4-7,13,15H,8-10H2,1-3H3,(H,25,26). The van der Waals surface area contributed by atoms with Crippen molar-refractivity contribution in [1.82, 2.24) is 14.7 Å². The lowest BCUT2D eigenvalue weighted by molar-refractivity contribution is -0.149. The molecule has 1 aliphatic rings. The molecule has 0 spiro atoms. The van der Waals surface area contributed by atoms with Gasteiger partial charge in [0, 0.05) is 22.3 Å². The van der Waals surface area contributed by atoms with Gasteiger partial charge in [-0.3, -0.25) is 4.79 Å². The number of aromatic nitrogens is 2. The van der Waals surface area contributed by atoms with E-state index in [1.165, 1.54) is 4.90 Å². The lowest BCUT2D eigenvalue weighted by Gasteiger charge is -2.26. The van der Waals surface area contributed by atoms with E-state index >= 15 is 0 Å². The highest BCUT2D eigenvalue weighted by Crippen LogP contribution is 2.30. The summed E-state index contributed by atoms with van der Waals surface area (Å²) in [5, 5.41) is 14.5. The Morgan fingerprint density at radius 1 is 1.31 bits per heavy atom. The Labute approximate surface area is 157 Å². The van der Waals surface area contributed by atoms with E-state index in [0.29, 0.717) is 5.02 Å². The number of rotatable bonds is 6. The van der Waals surface area contributed by atoms with Gasteiger partial charge in [-0.05, 0) is 57.9 Å². The van der Waals surface area contributed by atoms with Crippen LogP contribution >= 0.6 is 11.6 Å². The van der Waals surface area contributed by atoms with Crippen LogP contribution in [0.2, 0.25) is 5.02 Å². The van der Waals surface area contributed by atoms with Crippen molar-refractivity contribution in [2.24, 2.45) is 0 Å². The SMILES string of the molecule is Cc1nn(-c2ccc(Cl)cc2)c(C)c1CC(=O)N(C1CC1)C(C)C(=O)O. The number of hydrogen-bond donors (Lipinski definition) is 1. The van der Waals surface area contributed by atoms with Crippen molar-refractivity contribution in [1.29, 1.82) is 0 Å². The molecule has 0 radical (unpaired) electrons. The zero-order chi connectivity index (χ0) is 19.0. The van der Waals surface area contributed by atoms with Crippen molar-refractivity contribution >= 4 is 23.5 Å². The van der Waals surface area contributed by atoms with Gasteiger partial charge in [-0.2, -0.15) is 5.10 Å². The van der Waals surface area contributed by atoms with Crippen LogP contribution in [0.3, 0.4) is 0 Å². The molecule has 2 aromatic rings. The average molecular weight is 376 g/mol. The smallest absolute Gasteiger partial charge is 0.326 e. The molecule has 138 valence electrons. The van der Waals surface area contributed by atoms with Crippen LogP contribution in [0.25, 0.3) is 5.69 Å².